The number of hydrogen-bond acceptors (Lipinski definition) is 3. The molecule has 19 heavy (non-hydrogen) atoms. The number of aliphatic hydroxyl groups is 1. The van der Waals surface area contributed by atoms with Crippen molar-refractivity contribution in [1.29, 1.82) is 0 Å². The summed E-state index contributed by atoms with van der Waals surface area (Å²) in [6.45, 7) is 6.76. The van der Waals surface area contributed by atoms with Gasteiger partial charge in [-0.3, -0.25) is 4.90 Å². The van der Waals surface area contributed by atoms with Crippen molar-refractivity contribution in [2.45, 2.75) is 39.2 Å². The molecule has 0 spiro atoms. The number of likely N-dealkylation sites (tertiary alicyclic amines) is 1. The highest BCUT2D eigenvalue weighted by molar-refractivity contribution is 5.43. The molecule has 1 heterocycles. The molecule has 0 aromatic heterocycles. The van der Waals surface area contributed by atoms with E-state index in [1.54, 1.807) is 7.11 Å². The molecule has 0 saturated carbocycles. The molecule has 1 N–H and O–H groups in total. The minimum atomic E-state index is 0.242. The van der Waals surface area contributed by atoms with Crippen LogP contribution in [0.2, 0.25) is 0 Å². The Hall–Kier alpha value is -1.06. The summed E-state index contributed by atoms with van der Waals surface area (Å²) in [6.07, 6.45) is 3.36. The zero-order valence-electron chi connectivity index (χ0n) is 12.3. The summed E-state index contributed by atoms with van der Waals surface area (Å²) in [5.41, 5.74) is 3.77. The quantitative estimate of drug-likeness (QED) is 0.886. The summed E-state index contributed by atoms with van der Waals surface area (Å²) in [6, 6.07) is 4.69. The maximum Gasteiger partial charge on any atom is 0.122 e. The molecule has 1 aliphatic rings. The van der Waals surface area contributed by atoms with Gasteiger partial charge in [-0.25, -0.2) is 0 Å². The van der Waals surface area contributed by atoms with Gasteiger partial charge in [0.2, 0.25) is 0 Å². The van der Waals surface area contributed by atoms with Crippen LogP contribution < -0.4 is 4.74 Å². The van der Waals surface area contributed by atoms with Gasteiger partial charge in [0.25, 0.3) is 0 Å². The van der Waals surface area contributed by atoms with Gasteiger partial charge in [-0.1, -0.05) is 6.07 Å². The first kappa shape index (κ1) is 14.4. The van der Waals surface area contributed by atoms with Crippen molar-refractivity contribution in [2.24, 2.45) is 0 Å². The number of aliphatic hydroxyl groups excluding tert-OH is 1. The van der Waals surface area contributed by atoms with Crippen LogP contribution in [0, 0.1) is 13.8 Å². The highest BCUT2D eigenvalue weighted by Gasteiger charge is 2.24. The van der Waals surface area contributed by atoms with E-state index in [0.717, 1.165) is 25.3 Å². The summed E-state index contributed by atoms with van der Waals surface area (Å²) in [4.78, 5) is 2.50. The van der Waals surface area contributed by atoms with E-state index in [1.165, 1.54) is 29.5 Å². The number of aryl methyl sites for hydroxylation is 2. The average Bonchev–Trinajstić information content (AvgIpc) is 2.92. The van der Waals surface area contributed by atoms with E-state index in [9.17, 15) is 5.11 Å². The summed E-state index contributed by atoms with van der Waals surface area (Å²) < 4.78 is 5.38. The van der Waals surface area contributed by atoms with Crippen LogP contribution in [-0.4, -0.2) is 36.8 Å². The Morgan fingerprint density at radius 3 is 2.47 bits per heavy atom. The summed E-state index contributed by atoms with van der Waals surface area (Å²) >= 11 is 0. The fraction of sp³-hybridized carbons (Fsp3) is 0.625. The van der Waals surface area contributed by atoms with E-state index in [2.05, 4.69) is 30.9 Å². The molecule has 1 aromatic carbocycles. The van der Waals surface area contributed by atoms with Crippen LogP contribution in [0.1, 0.15) is 42.0 Å². The second-order valence-electron chi connectivity index (χ2n) is 5.45. The maximum absolute atomic E-state index is 9.37. The molecule has 0 aliphatic carbocycles. The molecule has 1 atom stereocenters. The first-order chi connectivity index (χ1) is 9.17. The lowest BCUT2D eigenvalue weighted by atomic mass is 9.95. The van der Waals surface area contributed by atoms with E-state index in [4.69, 9.17) is 4.74 Å². The van der Waals surface area contributed by atoms with E-state index in [1.807, 2.05) is 0 Å². The third-order valence-electron chi connectivity index (χ3n) is 4.13. The van der Waals surface area contributed by atoms with Crippen molar-refractivity contribution >= 4 is 0 Å². The van der Waals surface area contributed by atoms with Crippen LogP contribution in [0.25, 0.3) is 0 Å². The number of nitrogens with zero attached hydrogens (tertiary/aromatic N) is 1. The van der Waals surface area contributed by atoms with E-state index >= 15 is 0 Å². The zero-order valence-corrected chi connectivity index (χ0v) is 12.3. The highest BCUT2D eigenvalue weighted by Crippen LogP contribution is 2.33. The molecular weight excluding hydrogens is 238 g/mol. The molecule has 3 nitrogen and oxygen atoms in total. The minimum Gasteiger partial charge on any atom is -0.496 e. The largest absolute Gasteiger partial charge is 0.496 e. The van der Waals surface area contributed by atoms with Gasteiger partial charge in [-0.05, 0) is 69.0 Å². The summed E-state index contributed by atoms with van der Waals surface area (Å²) in [5.74, 6) is 0.949. The van der Waals surface area contributed by atoms with Crippen LogP contribution in [0.4, 0.5) is 0 Å². The second-order valence-corrected chi connectivity index (χ2v) is 5.45. The third kappa shape index (κ3) is 3.10. The first-order valence-corrected chi connectivity index (χ1v) is 7.17. The van der Waals surface area contributed by atoms with E-state index < -0.39 is 0 Å². The average molecular weight is 263 g/mol. The van der Waals surface area contributed by atoms with Crippen molar-refractivity contribution in [1.82, 2.24) is 4.90 Å². The number of rotatable bonds is 5. The van der Waals surface area contributed by atoms with Gasteiger partial charge >= 0.3 is 0 Å². The lowest BCUT2D eigenvalue weighted by molar-refractivity contribution is 0.185. The van der Waals surface area contributed by atoms with Crippen molar-refractivity contribution in [3.05, 3.63) is 28.8 Å². The number of methoxy groups -OCH3 is 1. The fourth-order valence-electron chi connectivity index (χ4n) is 3.10. The molecule has 1 unspecified atom stereocenters. The molecule has 1 fully saturated rings. The minimum absolute atomic E-state index is 0.242. The van der Waals surface area contributed by atoms with E-state index in [0.29, 0.717) is 6.04 Å². The molecule has 0 bridgehead atoms. The SMILES string of the molecule is COc1cc(C)c(C(CCO)N2CCCC2)cc1C. The van der Waals surface area contributed by atoms with Gasteiger partial charge in [-0.2, -0.15) is 0 Å². The standard InChI is InChI=1S/C16H25NO2/c1-12-11-16(19-3)13(2)10-14(12)15(6-9-18)17-7-4-5-8-17/h10-11,15,18H,4-9H2,1-3H3. The lowest BCUT2D eigenvalue weighted by Crippen LogP contribution is -2.27. The van der Waals surface area contributed by atoms with E-state index in [-0.39, 0.29) is 6.61 Å². The van der Waals surface area contributed by atoms with Crippen molar-refractivity contribution in [3.8, 4) is 5.75 Å². The molecule has 2 rings (SSSR count). The Labute approximate surface area is 116 Å². The van der Waals surface area contributed by atoms with Crippen LogP contribution in [0.3, 0.4) is 0 Å². The van der Waals surface area contributed by atoms with Crippen molar-refractivity contribution < 1.29 is 9.84 Å². The van der Waals surface area contributed by atoms with Crippen LogP contribution in [0.15, 0.2) is 12.1 Å². The zero-order chi connectivity index (χ0) is 13.8. The smallest absolute Gasteiger partial charge is 0.122 e. The van der Waals surface area contributed by atoms with Gasteiger partial charge in [0.05, 0.1) is 7.11 Å². The maximum atomic E-state index is 9.37. The van der Waals surface area contributed by atoms with Gasteiger partial charge < -0.3 is 9.84 Å². The monoisotopic (exact) mass is 263 g/mol. The highest BCUT2D eigenvalue weighted by atomic mass is 16.5. The molecule has 1 saturated heterocycles. The molecular formula is C16H25NO2. The predicted molar refractivity (Wildman–Crippen MR) is 77.7 cm³/mol. The van der Waals surface area contributed by atoms with Crippen LogP contribution in [0.5, 0.6) is 5.75 Å². The Morgan fingerprint density at radius 1 is 1.21 bits per heavy atom. The molecule has 1 aliphatic heterocycles. The second kappa shape index (κ2) is 6.40. The van der Waals surface area contributed by atoms with Crippen molar-refractivity contribution in [3.63, 3.8) is 0 Å². The van der Waals surface area contributed by atoms with Crippen LogP contribution >= 0.6 is 0 Å². The molecule has 106 valence electrons. The van der Waals surface area contributed by atoms with Gasteiger partial charge in [0.1, 0.15) is 5.75 Å². The van der Waals surface area contributed by atoms with Gasteiger partial charge in [0.15, 0.2) is 0 Å². The number of ether oxygens (including phenoxy) is 1. The van der Waals surface area contributed by atoms with Gasteiger partial charge in [0, 0.05) is 12.6 Å². The summed E-state index contributed by atoms with van der Waals surface area (Å²) in [5, 5.41) is 9.37. The molecule has 0 amide bonds. The predicted octanol–water partition coefficient (Wildman–Crippen LogP) is 2.83. The third-order valence-corrected chi connectivity index (χ3v) is 4.13. The van der Waals surface area contributed by atoms with Crippen LogP contribution in [-0.2, 0) is 0 Å². The Balaban J connectivity index is 2.32. The lowest BCUT2D eigenvalue weighted by Gasteiger charge is -2.29. The molecule has 0 radical (unpaired) electrons. The van der Waals surface area contributed by atoms with Gasteiger partial charge in [-0.15, -0.1) is 0 Å². The Kier molecular flexibility index (Phi) is 4.83. The van der Waals surface area contributed by atoms with Crippen molar-refractivity contribution in [2.75, 3.05) is 26.8 Å². The normalized spacial score (nSPS) is 17.7. The Bertz CT molecular complexity index is 425. The first-order valence-electron chi connectivity index (χ1n) is 7.17. The Morgan fingerprint density at radius 2 is 1.89 bits per heavy atom. The molecule has 1 aromatic rings. The summed E-state index contributed by atoms with van der Waals surface area (Å²) in [7, 11) is 1.72. The topological polar surface area (TPSA) is 32.7 Å². The molecule has 3 heteroatoms. The fourth-order valence-corrected chi connectivity index (χ4v) is 3.10. The number of benzene rings is 1. The number of hydrogen-bond donors (Lipinski definition) is 1.